The molecule has 2 aromatic rings. The number of aromatic hydroxyl groups is 1. The van der Waals surface area contributed by atoms with Gasteiger partial charge in [0.25, 0.3) is 5.91 Å². The second-order valence-electron chi connectivity index (χ2n) is 5.29. The van der Waals surface area contributed by atoms with E-state index in [0.717, 1.165) is 5.69 Å². The Labute approximate surface area is 150 Å². The minimum atomic E-state index is -0.121. The summed E-state index contributed by atoms with van der Waals surface area (Å²) in [7, 11) is 1.49. The second-order valence-corrected chi connectivity index (χ2v) is 6.30. The van der Waals surface area contributed by atoms with E-state index in [1.807, 2.05) is 37.3 Å². The minimum absolute atomic E-state index is 0.0161. The number of hydrogen-bond acceptors (Lipinski definition) is 5. The van der Waals surface area contributed by atoms with Gasteiger partial charge in [0.2, 0.25) is 0 Å². The maximum Gasteiger partial charge on any atom is 0.266 e. The third-order valence-electron chi connectivity index (χ3n) is 3.72. The van der Waals surface area contributed by atoms with Crippen LogP contribution in [0.5, 0.6) is 11.5 Å². The maximum atomic E-state index is 12.7. The van der Waals surface area contributed by atoms with Crippen molar-refractivity contribution in [1.29, 1.82) is 0 Å². The van der Waals surface area contributed by atoms with Crippen LogP contribution in [0.2, 0.25) is 0 Å². The molecular formula is C19H18N2O3S. The van der Waals surface area contributed by atoms with Gasteiger partial charge in [-0.3, -0.25) is 9.69 Å². The quantitative estimate of drug-likeness (QED) is 0.842. The zero-order valence-electron chi connectivity index (χ0n) is 14.0. The average Bonchev–Trinajstić information content (AvgIpc) is 2.92. The van der Waals surface area contributed by atoms with Crippen LogP contribution in [0, 0.1) is 0 Å². The summed E-state index contributed by atoms with van der Waals surface area (Å²) < 4.78 is 5.11. The fraction of sp³-hybridized carbons (Fsp3) is 0.158. The highest BCUT2D eigenvalue weighted by Gasteiger charge is 2.32. The number of phenols is 1. The van der Waals surface area contributed by atoms with E-state index < -0.39 is 0 Å². The number of aliphatic imine (C=N–C) groups is 1. The van der Waals surface area contributed by atoms with Gasteiger partial charge in [0.05, 0.1) is 17.7 Å². The number of carbonyl (C=O) groups is 1. The standard InChI is InChI=1S/C19H18N2O3S/c1-3-21-18(23)16(12-13-8-7-11-15(24-2)17(13)22)25-19(21)20-14-9-5-4-6-10-14/h4-12,22H,3H2,1-2H3/b16-12+,20-19?. The summed E-state index contributed by atoms with van der Waals surface area (Å²) in [6.45, 7) is 2.43. The minimum Gasteiger partial charge on any atom is -0.504 e. The number of phenolic OH excluding ortho intramolecular Hbond substituents is 1. The van der Waals surface area contributed by atoms with E-state index in [1.54, 1.807) is 29.2 Å². The highest BCUT2D eigenvalue weighted by atomic mass is 32.2. The van der Waals surface area contributed by atoms with Crippen LogP contribution in [0.25, 0.3) is 6.08 Å². The molecule has 0 unspecified atom stereocenters. The number of thioether (sulfide) groups is 1. The molecule has 25 heavy (non-hydrogen) atoms. The van der Waals surface area contributed by atoms with Crippen molar-refractivity contribution in [2.45, 2.75) is 6.92 Å². The first-order valence-electron chi connectivity index (χ1n) is 7.85. The van der Waals surface area contributed by atoms with Crippen LogP contribution in [0.15, 0.2) is 58.4 Å². The zero-order valence-corrected chi connectivity index (χ0v) is 14.8. The van der Waals surface area contributed by atoms with Crippen molar-refractivity contribution in [3.63, 3.8) is 0 Å². The van der Waals surface area contributed by atoms with Crippen LogP contribution in [0.1, 0.15) is 12.5 Å². The molecule has 0 bridgehead atoms. The topological polar surface area (TPSA) is 62.1 Å². The molecule has 0 saturated carbocycles. The molecule has 0 aliphatic carbocycles. The number of carbonyl (C=O) groups excluding carboxylic acids is 1. The summed E-state index contributed by atoms with van der Waals surface area (Å²) in [5, 5.41) is 10.9. The molecule has 5 nitrogen and oxygen atoms in total. The third-order valence-corrected chi connectivity index (χ3v) is 4.73. The normalized spacial score (nSPS) is 17.5. The average molecular weight is 354 g/mol. The molecule has 1 saturated heterocycles. The van der Waals surface area contributed by atoms with Gasteiger partial charge in [0, 0.05) is 12.1 Å². The van der Waals surface area contributed by atoms with E-state index in [9.17, 15) is 9.90 Å². The Kier molecular flexibility index (Phi) is 5.09. The summed E-state index contributed by atoms with van der Waals surface area (Å²) in [5.74, 6) is 0.266. The van der Waals surface area contributed by atoms with Crippen molar-refractivity contribution in [2.24, 2.45) is 4.99 Å². The van der Waals surface area contributed by atoms with E-state index in [4.69, 9.17) is 4.74 Å². The number of amides is 1. The fourth-order valence-electron chi connectivity index (χ4n) is 2.44. The first-order chi connectivity index (χ1) is 12.1. The lowest BCUT2D eigenvalue weighted by Crippen LogP contribution is -2.28. The van der Waals surface area contributed by atoms with Gasteiger partial charge < -0.3 is 9.84 Å². The van der Waals surface area contributed by atoms with Crippen LogP contribution in [0.4, 0.5) is 5.69 Å². The Morgan fingerprint density at radius 3 is 2.64 bits per heavy atom. The van der Waals surface area contributed by atoms with Crippen LogP contribution >= 0.6 is 11.8 Å². The molecule has 2 aromatic carbocycles. The Hall–Kier alpha value is -2.73. The van der Waals surface area contributed by atoms with Crippen LogP contribution in [0.3, 0.4) is 0 Å². The first-order valence-corrected chi connectivity index (χ1v) is 8.66. The SMILES string of the molecule is CCN1C(=O)/C(=C\c2cccc(OC)c2O)SC1=Nc1ccccc1. The van der Waals surface area contributed by atoms with Crippen LogP contribution in [-0.2, 0) is 4.79 Å². The molecule has 0 radical (unpaired) electrons. The predicted molar refractivity (Wildman–Crippen MR) is 101 cm³/mol. The number of benzene rings is 2. The lowest BCUT2D eigenvalue weighted by molar-refractivity contribution is -0.122. The van der Waals surface area contributed by atoms with E-state index in [1.165, 1.54) is 18.9 Å². The highest BCUT2D eigenvalue weighted by Crippen LogP contribution is 2.37. The number of likely N-dealkylation sites (N-methyl/N-ethyl adjacent to an activating group) is 1. The number of methoxy groups -OCH3 is 1. The highest BCUT2D eigenvalue weighted by molar-refractivity contribution is 8.18. The largest absolute Gasteiger partial charge is 0.504 e. The van der Waals surface area contributed by atoms with Gasteiger partial charge in [-0.05, 0) is 43.0 Å². The second kappa shape index (κ2) is 7.44. The number of hydrogen-bond donors (Lipinski definition) is 1. The van der Waals surface area contributed by atoms with Gasteiger partial charge in [0.1, 0.15) is 0 Å². The molecule has 1 N–H and O–H groups in total. The molecule has 1 amide bonds. The van der Waals surface area contributed by atoms with Gasteiger partial charge in [-0.1, -0.05) is 30.3 Å². The molecule has 128 valence electrons. The summed E-state index contributed by atoms with van der Waals surface area (Å²) in [6.07, 6.45) is 1.67. The summed E-state index contributed by atoms with van der Waals surface area (Å²) in [4.78, 5) is 19.4. The molecule has 1 fully saturated rings. The van der Waals surface area contributed by atoms with Gasteiger partial charge in [-0.25, -0.2) is 4.99 Å². The Morgan fingerprint density at radius 2 is 1.96 bits per heavy atom. The lowest BCUT2D eigenvalue weighted by atomic mass is 10.1. The van der Waals surface area contributed by atoms with Gasteiger partial charge in [0.15, 0.2) is 16.7 Å². The molecule has 1 aliphatic heterocycles. The molecule has 0 atom stereocenters. The summed E-state index contributed by atoms with van der Waals surface area (Å²) in [6, 6.07) is 14.7. The van der Waals surface area contributed by atoms with Gasteiger partial charge in [-0.2, -0.15) is 0 Å². The Morgan fingerprint density at radius 1 is 1.20 bits per heavy atom. The van der Waals surface area contributed by atoms with Crippen molar-refractivity contribution < 1.29 is 14.6 Å². The molecule has 3 rings (SSSR count). The van der Waals surface area contributed by atoms with Crippen molar-refractivity contribution in [1.82, 2.24) is 4.90 Å². The van der Waals surface area contributed by atoms with E-state index in [0.29, 0.717) is 27.9 Å². The maximum absolute atomic E-state index is 12.7. The number of para-hydroxylation sites is 2. The molecular weight excluding hydrogens is 336 g/mol. The number of nitrogens with zero attached hydrogens (tertiary/aromatic N) is 2. The first kappa shape index (κ1) is 17.1. The molecule has 1 aliphatic rings. The van der Waals surface area contributed by atoms with Crippen LogP contribution in [-0.4, -0.2) is 34.7 Å². The Bertz CT molecular complexity index is 847. The number of ether oxygens (including phenoxy) is 1. The van der Waals surface area contributed by atoms with Crippen molar-refractivity contribution >= 4 is 34.6 Å². The number of amidine groups is 1. The fourth-order valence-corrected chi connectivity index (χ4v) is 3.50. The molecule has 0 aromatic heterocycles. The smallest absolute Gasteiger partial charge is 0.266 e. The zero-order chi connectivity index (χ0) is 17.8. The molecule has 1 heterocycles. The van der Waals surface area contributed by atoms with Crippen molar-refractivity contribution in [3.05, 3.63) is 59.0 Å². The van der Waals surface area contributed by atoms with E-state index >= 15 is 0 Å². The summed E-state index contributed by atoms with van der Waals surface area (Å²) in [5.41, 5.74) is 1.33. The molecule has 6 heteroatoms. The van der Waals surface area contributed by atoms with Gasteiger partial charge in [-0.15, -0.1) is 0 Å². The molecule has 0 spiro atoms. The van der Waals surface area contributed by atoms with E-state index in [-0.39, 0.29) is 11.7 Å². The number of rotatable bonds is 4. The van der Waals surface area contributed by atoms with E-state index in [2.05, 4.69) is 4.99 Å². The van der Waals surface area contributed by atoms with Crippen molar-refractivity contribution in [3.8, 4) is 11.5 Å². The Balaban J connectivity index is 1.96. The van der Waals surface area contributed by atoms with Crippen LogP contribution < -0.4 is 4.74 Å². The summed E-state index contributed by atoms with van der Waals surface area (Å²) >= 11 is 1.30. The monoisotopic (exact) mass is 354 g/mol. The lowest BCUT2D eigenvalue weighted by Gasteiger charge is -2.11. The van der Waals surface area contributed by atoms with Crippen molar-refractivity contribution in [2.75, 3.05) is 13.7 Å². The predicted octanol–water partition coefficient (Wildman–Crippen LogP) is 4.02. The third kappa shape index (κ3) is 3.53. The van der Waals surface area contributed by atoms with Gasteiger partial charge >= 0.3 is 0 Å².